The van der Waals surface area contributed by atoms with Crippen LogP contribution in [0.4, 0.5) is 0 Å². The fourth-order valence-corrected chi connectivity index (χ4v) is 3.96. The Labute approximate surface area is 159 Å². The summed E-state index contributed by atoms with van der Waals surface area (Å²) in [6, 6.07) is 5.12. The molecular formula is C20H28N4O3. The molecular weight excluding hydrogens is 344 g/mol. The number of nitrogens with two attached hydrogens (primary N) is 1. The Bertz CT molecular complexity index is 749. The van der Waals surface area contributed by atoms with Crippen LogP contribution in [0.1, 0.15) is 61.0 Å². The van der Waals surface area contributed by atoms with E-state index >= 15 is 0 Å². The van der Waals surface area contributed by atoms with Crippen molar-refractivity contribution in [2.75, 3.05) is 6.54 Å². The maximum Gasteiger partial charge on any atom is 0.255 e. The number of rotatable bonds is 7. The van der Waals surface area contributed by atoms with E-state index in [1.807, 2.05) is 18.2 Å². The van der Waals surface area contributed by atoms with Gasteiger partial charge >= 0.3 is 0 Å². The van der Waals surface area contributed by atoms with Crippen LogP contribution in [0, 0.1) is 0 Å². The van der Waals surface area contributed by atoms with Gasteiger partial charge in [0.15, 0.2) is 0 Å². The lowest BCUT2D eigenvalue weighted by molar-refractivity contribution is -0.136. The minimum Gasteiger partial charge on any atom is -0.329 e. The van der Waals surface area contributed by atoms with Gasteiger partial charge in [0, 0.05) is 37.2 Å². The van der Waals surface area contributed by atoms with Crippen LogP contribution in [-0.4, -0.2) is 40.7 Å². The number of piperidine rings is 1. The smallest absolute Gasteiger partial charge is 0.255 e. The van der Waals surface area contributed by atoms with E-state index in [0.29, 0.717) is 31.6 Å². The van der Waals surface area contributed by atoms with Gasteiger partial charge in [-0.3, -0.25) is 19.7 Å². The average molecular weight is 372 g/mol. The maximum absolute atomic E-state index is 12.9. The van der Waals surface area contributed by atoms with Gasteiger partial charge in [-0.1, -0.05) is 26.0 Å². The first-order valence-corrected chi connectivity index (χ1v) is 9.65. The number of imide groups is 1. The monoisotopic (exact) mass is 372 g/mol. The molecule has 0 aliphatic carbocycles. The third-order valence-electron chi connectivity index (χ3n) is 6.08. The molecule has 1 aromatic rings. The van der Waals surface area contributed by atoms with E-state index in [1.54, 1.807) is 4.90 Å². The molecule has 1 saturated heterocycles. The second-order valence-corrected chi connectivity index (χ2v) is 7.39. The molecule has 3 amide bonds. The predicted molar refractivity (Wildman–Crippen MR) is 102 cm³/mol. The van der Waals surface area contributed by atoms with Gasteiger partial charge in [0.25, 0.3) is 5.91 Å². The number of benzene rings is 1. The Hall–Kier alpha value is -2.25. The van der Waals surface area contributed by atoms with Gasteiger partial charge in [-0.05, 0) is 36.5 Å². The molecule has 2 heterocycles. The molecule has 2 aliphatic rings. The molecule has 27 heavy (non-hydrogen) atoms. The molecule has 146 valence electrons. The van der Waals surface area contributed by atoms with Gasteiger partial charge in [0.05, 0.1) is 0 Å². The summed E-state index contributed by atoms with van der Waals surface area (Å²) in [5.41, 5.74) is 8.51. The highest BCUT2D eigenvalue weighted by Crippen LogP contribution is 2.30. The standard InChI is InChI=1S/C20H28N4O3/c1-3-20(4-2,12-21)22-10-13-6-5-7-14-15(13)11-24(19(14)27)16-8-9-17(25)23-18(16)26/h5-7,16,22H,3-4,8-12,21H2,1-2H3,(H,23,25,26). The summed E-state index contributed by atoms with van der Waals surface area (Å²) in [6.07, 6.45) is 2.49. The van der Waals surface area contributed by atoms with E-state index in [9.17, 15) is 14.4 Å². The summed E-state index contributed by atoms with van der Waals surface area (Å²) < 4.78 is 0. The molecule has 1 aromatic carbocycles. The molecule has 1 atom stereocenters. The van der Waals surface area contributed by atoms with Crippen LogP contribution < -0.4 is 16.4 Å². The molecule has 1 fully saturated rings. The SMILES string of the molecule is CCC(CC)(CN)NCc1cccc2c1CN(C1CCC(=O)NC1=O)C2=O. The highest BCUT2D eigenvalue weighted by molar-refractivity contribution is 6.05. The first kappa shape index (κ1) is 19.5. The van der Waals surface area contributed by atoms with Crippen molar-refractivity contribution in [2.24, 2.45) is 5.73 Å². The van der Waals surface area contributed by atoms with E-state index in [2.05, 4.69) is 24.5 Å². The fourth-order valence-electron chi connectivity index (χ4n) is 3.96. The topological polar surface area (TPSA) is 105 Å². The summed E-state index contributed by atoms with van der Waals surface area (Å²) in [4.78, 5) is 38.0. The quantitative estimate of drug-likeness (QED) is 0.621. The van der Waals surface area contributed by atoms with E-state index < -0.39 is 6.04 Å². The van der Waals surface area contributed by atoms with Gasteiger partial charge in [-0.2, -0.15) is 0 Å². The average Bonchev–Trinajstić information content (AvgIpc) is 3.01. The van der Waals surface area contributed by atoms with Gasteiger partial charge in [0.2, 0.25) is 11.8 Å². The molecule has 7 nitrogen and oxygen atoms in total. The summed E-state index contributed by atoms with van der Waals surface area (Å²) in [5.74, 6) is -0.800. The first-order chi connectivity index (χ1) is 12.9. The molecule has 0 radical (unpaired) electrons. The zero-order chi connectivity index (χ0) is 19.6. The lowest BCUT2D eigenvalue weighted by Crippen LogP contribution is -2.52. The Balaban J connectivity index is 1.80. The van der Waals surface area contributed by atoms with E-state index in [4.69, 9.17) is 5.73 Å². The van der Waals surface area contributed by atoms with Gasteiger partial charge in [0.1, 0.15) is 6.04 Å². The number of nitrogens with zero attached hydrogens (tertiary/aromatic N) is 1. The van der Waals surface area contributed by atoms with Crippen LogP contribution in [0.15, 0.2) is 18.2 Å². The van der Waals surface area contributed by atoms with E-state index in [1.165, 1.54) is 0 Å². The molecule has 0 saturated carbocycles. The maximum atomic E-state index is 12.9. The van der Waals surface area contributed by atoms with Crippen molar-refractivity contribution in [3.8, 4) is 0 Å². The van der Waals surface area contributed by atoms with Crippen LogP contribution in [0.3, 0.4) is 0 Å². The number of amides is 3. The van der Waals surface area contributed by atoms with Crippen molar-refractivity contribution in [1.82, 2.24) is 15.5 Å². The zero-order valence-corrected chi connectivity index (χ0v) is 16.0. The highest BCUT2D eigenvalue weighted by Gasteiger charge is 2.39. The van der Waals surface area contributed by atoms with Crippen molar-refractivity contribution < 1.29 is 14.4 Å². The van der Waals surface area contributed by atoms with Crippen LogP contribution in [0.2, 0.25) is 0 Å². The number of nitrogens with one attached hydrogen (secondary N) is 2. The predicted octanol–water partition coefficient (Wildman–Crippen LogP) is 1.05. The molecule has 3 rings (SSSR count). The molecule has 2 aliphatic heterocycles. The third-order valence-corrected chi connectivity index (χ3v) is 6.08. The summed E-state index contributed by atoms with van der Waals surface area (Å²) in [5, 5.41) is 5.91. The number of hydrogen-bond acceptors (Lipinski definition) is 5. The van der Waals surface area contributed by atoms with Crippen LogP contribution in [0.5, 0.6) is 0 Å². The van der Waals surface area contributed by atoms with Crippen LogP contribution >= 0.6 is 0 Å². The van der Waals surface area contributed by atoms with Gasteiger partial charge in [-0.15, -0.1) is 0 Å². The molecule has 7 heteroatoms. The molecule has 0 spiro atoms. The summed E-state index contributed by atoms with van der Waals surface area (Å²) in [6.45, 7) is 5.81. The van der Waals surface area contributed by atoms with Crippen molar-refractivity contribution in [1.29, 1.82) is 0 Å². The number of hydrogen-bond donors (Lipinski definition) is 3. The largest absolute Gasteiger partial charge is 0.329 e. The Morgan fingerprint density at radius 3 is 2.63 bits per heavy atom. The van der Waals surface area contributed by atoms with Crippen molar-refractivity contribution >= 4 is 17.7 Å². The number of carbonyl (C=O) groups is 3. The van der Waals surface area contributed by atoms with Crippen LogP contribution in [0.25, 0.3) is 0 Å². The Morgan fingerprint density at radius 1 is 1.26 bits per heavy atom. The second kappa shape index (κ2) is 7.78. The normalized spacial score (nSPS) is 20.0. The van der Waals surface area contributed by atoms with Crippen molar-refractivity contribution in [3.05, 3.63) is 34.9 Å². The molecule has 1 unspecified atom stereocenters. The Morgan fingerprint density at radius 2 is 2.00 bits per heavy atom. The van der Waals surface area contributed by atoms with Gasteiger partial charge < -0.3 is 16.0 Å². The zero-order valence-electron chi connectivity index (χ0n) is 16.0. The lowest BCUT2D eigenvalue weighted by Gasteiger charge is -2.32. The lowest BCUT2D eigenvalue weighted by atomic mass is 9.92. The second-order valence-electron chi connectivity index (χ2n) is 7.39. The first-order valence-electron chi connectivity index (χ1n) is 9.65. The Kier molecular flexibility index (Phi) is 5.62. The number of carbonyl (C=O) groups excluding carboxylic acids is 3. The number of fused-ring (bicyclic) bond motifs is 1. The van der Waals surface area contributed by atoms with Crippen molar-refractivity contribution in [2.45, 2.75) is 64.2 Å². The van der Waals surface area contributed by atoms with E-state index in [0.717, 1.165) is 24.0 Å². The summed E-state index contributed by atoms with van der Waals surface area (Å²) >= 11 is 0. The third kappa shape index (κ3) is 3.61. The minimum atomic E-state index is -0.585. The van der Waals surface area contributed by atoms with Crippen LogP contribution in [-0.2, 0) is 22.7 Å². The minimum absolute atomic E-state index is 0.116. The highest BCUT2D eigenvalue weighted by atomic mass is 16.2. The molecule has 0 bridgehead atoms. The van der Waals surface area contributed by atoms with Crippen molar-refractivity contribution in [3.63, 3.8) is 0 Å². The summed E-state index contributed by atoms with van der Waals surface area (Å²) in [7, 11) is 0. The fraction of sp³-hybridized carbons (Fsp3) is 0.550. The van der Waals surface area contributed by atoms with E-state index in [-0.39, 0.29) is 29.7 Å². The molecule has 0 aromatic heterocycles. The molecule has 4 N–H and O–H groups in total. The van der Waals surface area contributed by atoms with Gasteiger partial charge in [-0.25, -0.2) is 0 Å².